The molecular formula is C13H20N2O2S2. The largest absolute Gasteiger partial charge is 0.294 e. The lowest BCUT2D eigenvalue weighted by Gasteiger charge is -2.36. The van der Waals surface area contributed by atoms with Crippen LogP contribution in [0, 0.1) is 5.92 Å². The van der Waals surface area contributed by atoms with Crippen LogP contribution in [0.3, 0.4) is 0 Å². The Morgan fingerprint density at radius 3 is 2.95 bits per heavy atom. The van der Waals surface area contributed by atoms with E-state index in [9.17, 15) is 8.42 Å². The normalized spacial score (nSPS) is 29.5. The molecule has 19 heavy (non-hydrogen) atoms. The number of hydrogen-bond acceptors (Lipinski definition) is 4. The third-order valence-corrected chi connectivity index (χ3v) is 6.27. The Bertz CT molecular complexity index is 527. The molecule has 0 radical (unpaired) electrons. The number of piperidine rings is 1. The van der Waals surface area contributed by atoms with Crippen molar-refractivity contribution in [3.8, 4) is 0 Å². The van der Waals surface area contributed by atoms with Crippen LogP contribution in [-0.2, 0) is 16.6 Å². The molecule has 0 N–H and O–H groups in total. The van der Waals surface area contributed by atoms with Crippen molar-refractivity contribution in [1.82, 2.24) is 9.21 Å². The van der Waals surface area contributed by atoms with Gasteiger partial charge in [-0.25, -0.2) is 12.7 Å². The first-order valence-corrected chi connectivity index (χ1v) is 9.53. The van der Waals surface area contributed by atoms with Gasteiger partial charge < -0.3 is 0 Å². The third kappa shape index (κ3) is 2.86. The van der Waals surface area contributed by atoms with E-state index in [0.717, 1.165) is 19.5 Å². The molecule has 1 aromatic rings. The van der Waals surface area contributed by atoms with E-state index in [2.05, 4.69) is 21.7 Å². The minimum absolute atomic E-state index is 0.406. The van der Waals surface area contributed by atoms with Crippen molar-refractivity contribution in [2.45, 2.75) is 25.4 Å². The van der Waals surface area contributed by atoms with Crippen molar-refractivity contribution in [2.75, 3.05) is 25.9 Å². The lowest BCUT2D eigenvalue weighted by Crippen LogP contribution is -2.44. The number of sulfonamides is 1. The Morgan fingerprint density at radius 1 is 1.42 bits per heavy atom. The minimum atomic E-state index is -3.04. The second-order valence-corrected chi connectivity index (χ2v) is 8.41. The molecule has 2 aliphatic heterocycles. The third-order valence-electron chi connectivity index (χ3n) is 4.30. The van der Waals surface area contributed by atoms with Gasteiger partial charge in [0.15, 0.2) is 0 Å². The molecule has 0 spiro atoms. The Morgan fingerprint density at radius 2 is 2.26 bits per heavy atom. The van der Waals surface area contributed by atoms with Gasteiger partial charge in [-0.1, -0.05) is 0 Å². The molecule has 2 fully saturated rings. The summed E-state index contributed by atoms with van der Waals surface area (Å²) in [7, 11) is -3.04. The predicted molar refractivity (Wildman–Crippen MR) is 77.7 cm³/mol. The van der Waals surface area contributed by atoms with Crippen molar-refractivity contribution in [3.05, 3.63) is 22.4 Å². The second-order valence-electron chi connectivity index (χ2n) is 5.65. The zero-order chi connectivity index (χ0) is 13.5. The summed E-state index contributed by atoms with van der Waals surface area (Å²) < 4.78 is 25.1. The first-order valence-electron chi connectivity index (χ1n) is 6.74. The Hall–Kier alpha value is -0.430. The molecule has 0 aliphatic carbocycles. The van der Waals surface area contributed by atoms with E-state index in [1.165, 1.54) is 18.2 Å². The average molecular weight is 300 g/mol. The zero-order valence-corrected chi connectivity index (χ0v) is 12.8. The fraction of sp³-hybridized carbons (Fsp3) is 0.692. The molecule has 2 saturated heterocycles. The molecule has 1 aromatic heterocycles. The maximum Gasteiger partial charge on any atom is 0.211 e. The predicted octanol–water partition coefficient (Wildman–Crippen LogP) is 1.60. The molecule has 0 unspecified atom stereocenters. The zero-order valence-electron chi connectivity index (χ0n) is 11.2. The first-order chi connectivity index (χ1) is 9.04. The fourth-order valence-corrected chi connectivity index (χ4v) is 4.86. The summed E-state index contributed by atoms with van der Waals surface area (Å²) in [6.07, 6.45) is 3.67. The quantitative estimate of drug-likeness (QED) is 0.851. The molecule has 2 atom stereocenters. The number of fused-ring (bicyclic) bond motifs is 1. The van der Waals surface area contributed by atoms with E-state index in [1.807, 2.05) is 0 Å². The highest BCUT2D eigenvalue weighted by Crippen LogP contribution is 2.32. The van der Waals surface area contributed by atoms with Crippen molar-refractivity contribution >= 4 is 21.4 Å². The summed E-state index contributed by atoms with van der Waals surface area (Å²) in [5.41, 5.74) is 1.35. The van der Waals surface area contributed by atoms with Crippen LogP contribution in [0.1, 0.15) is 18.4 Å². The van der Waals surface area contributed by atoms with Gasteiger partial charge in [0.05, 0.1) is 6.26 Å². The summed E-state index contributed by atoms with van der Waals surface area (Å²) >= 11 is 1.73. The molecule has 0 amide bonds. The van der Waals surface area contributed by atoms with Crippen LogP contribution in [0.4, 0.5) is 0 Å². The van der Waals surface area contributed by atoms with Crippen LogP contribution in [0.15, 0.2) is 16.8 Å². The Kier molecular flexibility index (Phi) is 3.68. The standard InChI is InChI=1S/C13H20N2O2S2/c1-19(16,17)15-8-12-3-2-5-14(13(12)9-15)7-11-4-6-18-10-11/h4,6,10,12-13H,2-3,5,7-9H2,1H3/t12-,13+/m1/s1. The van der Waals surface area contributed by atoms with Crippen LogP contribution in [-0.4, -0.2) is 49.6 Å². The monoisotopic (exact) mass is 300 g/mol. The molecule has 6 heteroatoms. The number of thiophene rings is 1. The van der Waals surface area contributed by atoms with Crippen molar-refractivity contribution in [1.29, 1.82) is 0 Å². The summed E-state index contributed by atoms with van der Waals surface area (Å²) in [5, 5.41) is 4.29. The number of hydrogen-bond donors (Lipinski definition) is 0. The van der Waals surface area contributed by atoms with Crippen LogP contribution in [0.5, 0.6) is 0 Å². The molecule has 3 heterocycles. The van der Waals surface area contributed by atoms with E-state index in [1.54, 1.807) is 15.6 Å². The van der Waals surface area contributed by atoms with Crippen LogP contribution < -0.4 is 0 Å². The SMILES string of the molecule is CS(=O)(=O)N1C[C@H]2CCCN(Cc3ccsc3)[C@H]2C1. The van der Waals surface area contributed by atoms with E-state index in [0.29, 0.717) is 25.0 Å². The molecule has 2 aliphatic rings. The lowest BCUT2D eigenvalue weighted by atomic mass is 9.92. The highest BCUT2D eigenvalue weighted by atomic mass is 32.2. The van der Waals surface area contributed by atoms with Crippen LogP contribution in [0.2, 0.25) is 0 Å². The van der Waals surface area contributed by atoms with Gasteiger partial charge in [-0.05, 0) is 47.7 Å². The fourth-order valence-electron chi connectivity index (χ4n) is 3.32. The summed E-state index contributed by atoms with van der Waals surface area (Å²) in [5.74, 6) is 0.516. The smallest absolute Gasteiger partial charge is 0.211 e. The summed E-state index contributed by atoms with van der Waals surface area (Å²) in [6.45, 7) is 3.44. The van der Waals surface area contributed by atoms with Crippen molar-refractivity contribution in [2.24, 2.45) is 5.92 Å². The highest BCUT2D eigenvalue weighted by Gasteiger charge is 2.41. The maximum absolute atomic E-state index is 11.7. The number of nitrogens with zero attached hydrogens (tertiary/aromatic N) is 2. The number of likely N-dealkylation sites (tertiary alicyclic amines) is 1. The van der Waals surface area contributed by atoms with Gasteiger partial charge in [-0.3, -0.25) is 4.90 Å². The topological polar surface area (TPSA) is 40.6 Å². The molecule has 0 saturated carbocycles. The van der Waals surface area contributed by atoms with Crippen LogP contribution in [0.25, 0.3) is 0 Å². The van der Waals surface area contributed by atoms with Gasteiger partial charge in [0, 0.05) is 25.7 Å². The molecule has 0 aromatic carbocycles. The molecule has 0 bridgehead atoms. The molecule has 3 rings (SSSR count). The first kappa shape index (κ1) is 13.5. The summed E-state index contributed by atoms with van der Waals surface area (Å²) in [6, 6.07) is 2.57. The van der Waals surface area contributed by atoms with Gasteiger partial charge in [0.2, 0.25) is 10.0 Å². The maximum atomic E-state index is 11.7. The summed E-state index contributed by atoms with van der Waals surface area (Å²) in [4.78, 5) is 2.47. The molecular weight excluding hydrogens is 280 g/mol. The van der Waals surface area contributed by atoms with Gasteiger partial charge in [0.25, 0.3) is 0 Å². The van der Waals surface area contributed by atoms with E-state index in [4.69, 9.17) is 0 Å². The van der Waals surface area contributed by atoms with Gasteiger partial charge in [0.1, 0.15) is 0 Å². The van der Waals surface area contributed by atoms with E-state index < -0.39 is 10.0 Å². The van der Waals surface area contributed by atoms with Crippen LogP contribution >= 0.6 is 11.3 Å². The Balaban J connectivity index is 1.73. The van der Waals surface area contributed by atoms with Gasteiger partial charge >= 0.3 is 0 Å². The second kappa shape index (κ2) is 5.16. The minimum Gasteiger partial charge on any atom is -0.294 e. The van der Waals surface area contributed by atoms with E-state index in [-0.39, 0.29) is 0 Å². The number of rotatable bonds is 3. The van der Waals surface area contributed by atoms with Crippen molar-refractivity contribution in [3.63, 3.8) is 0 Å². The lowest BCUT2D eigenvalue weighted by molar-refractivity contribution is 0.117. The van der Waals surface area contributed by atoms with Crippen molar-refractivity contribution < 1.29 is 8.42 Å². The van der Waals surface area contributed by atoms with Gasteiger partial charge in [-0.15, -0.1) is 0 Å². The Labute approximate surface area is 119 Å². The highest BCUT2D eigenvalue weighted by molar-refractivity contribution is 7.88. The molecule has 4 nitrogen and oxygen atoms in total. The van der Waals surface area contributed by atoms with Gasteiger partial charge in [-0.2, -0.15) is 11.3 Å². The molecule has 106 valence electrons. The average Bonchev–Trinajstić information content (AvgIpc) is 2.96. The van der Waals surface area contributed by atoms with E-state index >= 15 is 0 Å².